The molecule has 2 aromatic carbocycles. The van der Waals surface area contributed by atoms with Crippen molar-refractivity contribution in [1.29, 1.82) is 0 Å². The van der Waals surface area contributed by atoms with Gasteiger partial charge in [0.25, 0.3) is 0 Å². The molecule has 0 atom stereocenters. The summed E-state index contributed by atoms with van der Waals surface area (Å²) in [6, 6.07) is 14.3. The van der Waals surface area contributed by atoms with Crippen LogP contribution in [0.1, 0.15) is 16.7 Å². The van der Waals surface area contributed by atoms with E-state index in [1.165, 1.54) is 11.1 Å². The van der Waals surface area contributed by atoms with Gasteiger partial charge in [0.2, 0.25) is 0 Å². The second-order valence-corrected chi connectivity index (χ2v) is 4.60. The van der Waals surface area contributed by atoms with E-state index in [1.807, 2.05) is 24.3 Å². The Morgan fingerprint density at radius 1 is 1.11 bits per heavy atom. The molecule has 3 nitrogen and oxygen atoms in total. The minimum atomic E-state index is 0.159. The fraction of sp³-hybridized carbons (Fsp3) is 0.125. The Balaban J connectivity index is 2.26. The van der Waals surface area contributed by atoms with Crippen molar-refractivity contribution in [1.82, 2.24) is 5.32 Å². The first-order valence-electron chi connectivity index (χ1n) is 6.21. The van der Waals surface area contributed by atoms with Crippen molar-refractivity contribution in [3.8, 4) is 11.1 Å². The lowest BCUT2D eigenvalue weighted by Crippen LogP contribution is -2.10. The first kappa shape index (κ1) is 12.0. The van der Waals surface area contributed by atoms with Gasteiger partial charge in [-0.3, -0.25) is 5.26 Å². The summed E-state index contributed by atoms with van der Waals surface area (Å²) < 4.78 is 0. The zero-order valence-electron chi connectivity index (χ0n) is 10.5. The van der Waals surface area contributed by atoms with E-state index < -0.39 is 0 Å². The van der Waals surface area contributed by atoms with Gasteiger partial charge in [0.05, 0.1) is 0 Å². The summed E-state index contributed by atoms with van der Waals surface area (Å²) >= 11 is 0. The van der Waals surface area contributed by atoms with Gasteiger partial charge >= 0.3 is 0 Å². The highest BCUT2D eigenvalue weighted by Gasteiger charge is 2.18. The lowest BCUT2D eigenvalue weighted by atomic mass is 9.93. The van der Waals surface area contributed by atoms with Gasteiger partial charge in [0.15, 0.2) is 0 Å². The van der Waals surface area contributed by atoms with Crippen molar-refractivity contribution in [2.24, 2.45) is 0 Å². The number of benzene rings is 2. The van der Waals surface area contributed by atoms with E-state index >= 15 is 0 Å². The third-order valence-corrected chi connectivity index (χ3v) is 3.47. The molecule has 0 unspecified atom stereocenters. The van der Waals surface area contributed by atoms with E-state index in [2.05, 4.69) is 35.0 Å². The van der Waals surface area contributed by atoms with Crippen LogP contribution in [0.4, 0.5) is 0 Å². The zero-order chi connectivity index (χ0) is 13.2. The SMILES string of the molecule is C=C1NCc2ccccc2-c2cccc(COO)c21. The molecule has 0 saturated carbocycles. The highest BCUT2D eigenvalue weighted by Crippen LogP contribution is 2.35. The van der Waals surface area contributed by atoms with Crippen molar-refractivity contribution in [3.05, 3.63) is 65.7 Å². The second kappa shape index (κ2) is 4.88. The predicted octanol–water partition coefficient (Wildman–Crippen LogP) is 3.42. The molecular weight excluding hydrogens is 238 g/mol. The number of rotatable bonds is 2. The first-order valence-corrected chi connectivity index (χ1v) is 6.21. The number of hydrogen-bond acceptors (Lipinski definition) is 3. The van der Waals surface area contributed by atoms with E-state index in [1.54, 1.807) is 0 Å². The molecule has 1 aliphatic rings. The van der Waals surface area contributed by atoms with Gasteiger partial charge in [-0.1, -0.05) is 49.0 Å². The number of fused-ring (bicyclic) bond motifs is 3. The van der Waals surface area contributed by atoms with Gasteiger partial charge in [-0.25, -0.2) is 4.89 Å². The smallest absolute Gasteiger partial charge is 0.108 e. The fourth-order valence-corrected chi connectivity index (χ4v) is 2.60. The van der Waals surface area contributed by atoms with Gasteiger partial charge in [-0.15, -0.1) is 0 Å². The quantitative estimate of drug-likeness (QED) is 0.636. The molecule has 0 fully saturated rings. The Hall–Kier alpha value is -2.10. The molecule has 0 amide bonds. The predicted molar refractivity (Wildman–Crippen MR) is 75.2 cm³/mol. The van der Waals surface area contributed by atoms with Crippen LogP contribution in [0.25, 0.3) is 16.8 Å². The lowest BCUT2D eigenvalue weighted by Gasteiger charge is -2.14. The lowest BCUT2D eigenvalue weighted by molar-refractivity contribution is -0.253. The topological polar surface area (TPSA) is 41.5 Å². The van der Waals surface area contributed by atoms with E-state index in [4.69, 9.17) is 5.26 Å². The van der Waals surface area contributed by atoms with Crippen molar-refractivity contribution in [2.45, 2.75) is 13.2 Å². The van der Waals surface area contributed by atoms with Crippen LogP contribution in [-0.2, 0) is 18.0 Å². The van der Waals surface area contributed by atoms with E-state index in [0.717, 1.165) is 28.9 Å². The molecule has 1 aliphatic heterocycles. The van der Waals surface area contributed by atoms with Crippen molar-refractivity contribution >= 4 is 5.70 Å². The van der Waals surface area contributed by atoms with Gasteiger partial charge in [-0.05, 0) is 22.3 Å². The molecule has 2 aromatic rings. The molecular formula is C16H15NO2. The Bertz CT molecular complexity index is 634. The molecule has 1 heterocycles. The van der Waals surface area contributed by atoms with Crippen molar-refractivity contribution < 1.29 is 10.1 Å². The third-order valence-electron chi connectivity index (χ3n) is 3.47. The molecule has 0 aliphatic carbocycles. The summed E-state index contributed by atoms with van der Waals surface area (Å²) in [5.41, 5.74) is 6.36. The first-order chi connectivity index (χ1) is 9.31. The van der Waals surface area contributed by atoms with Crippen LogP contribution in [0, 0.1) is 0 Å². The molecule has 96 valence electrons. The van der Waals surface area contributed by atoms with Crippen LogP contribution < -0.4 is 5.32 Å². The molecule has 0 spiro atoms. The van der Waals surface area contributed by atoms with Gasteiger partial charge in [0.1, 0.15) is 6.61 Å². The van der Waals surface area contributed by atoms with E-state index in [9.17, 15) is 0 Å². The fourth-order valence-electron chi connectivity index (χ4n) is 2.60. The second-order valence-electron chi connectivity index (χ2n) is 4.60. The highest BCUT2D eigenvalue weighted by molar-refractivity contribution is 5.84. The molecule has 3 rings (SSSR count). The largest absolute Gasteiger partial charge is 0.381 e. The van der Waals surface area contributed by atoms with Crippen LogP contribution in [0.15, 0.2) is 49.0 Å². The summed E-state index contributed by atoms with van der Waals surface area (Å²) in [4.78, 5) is 4.30. The zero-order valence-corrected chi connectivity index (χ0v) is 10.5. The van der Waals surface area contributed by atoms with Gasteiger partial charge < -0.3 is 5.32 Å². The summed E-state index contributed by atoms with van der Waals surface area (Å²) in [6.07, 6.45) is 0. The molecule has 0 saturated heterocycles. The maximum Gasteiger partial charge on any atom is 0.108 e. The standard InChI is InChI=1S/C16H15NO2/c1-11-16-13(10-19-18)6-4-8-15(16)14-7-3-2-5-12(14)9-17-11/h2-8,17-18H,1,9-10H2. The van der Waals surface area contributed by atoms with Gasteiger partial charge in [-0.2, -0.15) is 0 Å². The maximum absolute atomic E-state index is 8.72. The Morgan fingerprint density at radius 2 is 1.89 bits per heavy atom. The normalized spacial score (nSPS) is 13.2. The summed E-state index contributed by atoms with van der Waals surface area (Å²) in [5.74, 6) is 0. The minimum absolute atomic E-state index is 0.159. The highest BCUT2D eigenvalue weighted by atomic mass is 17.1. The minimum Gasteiger partial charge on any atom is -0.381 e. The average Bonchev–Trinajstić information content (AvgIpc) is 2.58. The Kier molecular flexibility index (Phi) is 3.07. The van der Waals surface area contributed by atoms with Gasteiger partial charge in [0, 0.05) is 17.8 Å². The average molecular weight is 253 g/mol. The van der Waals surface area contributed by atoms with Crippen LogP contribution in [0.5, 0.6) is 0 Å². The molecule has 2 N–H and O–H groups in total. The van der Waals surface area contributed by atoms with E-state index in [0.29, 0.717) is 0 Å². The maximum atomic E-state index is 8.72. The molecule has 0 aromatic heterocycles. The summed E-state index contributed by atoms with van der Waals surface area (Å²) in [7, 11) is 0. The number of nitrogens with one attached hydrogen (secondary N) is 1. The van der Waals surface area contributed by atoms with Crippen molar-refractivity contribution in [2.75, 3.05) is 0 Å². The monoisotopic (exact) mass is 253 g/mol. The summed E-state index contributed by atoms with van der Waals surface area (Å²) in [5, 5.41) is 12.0. The molecule has 3 heteroatoms. The Morgan fingerprint density at radius 3 is 2.74 bits per heavy atom. The molecule has 19 heavy (non-hydrogen) atoms. The third kappa shape index (κ3) is 2.03. The molecule has 0 bridgehead atoms. The van der Waals surface area contributed by atoms with Crippen LogP contribution in [0.2, 0.25) is 0 Å². The molecule has 0 radical (unpaired) electrons. The van der Waals surface area contributed by atoms with E-state index in [-0.39, 0.29) is 6.61 Å². The van der Waals surface area contributed by atoms with Crippen LogP contribution in [0.3, 0.4) is 0 Å². The number of hydrogen-bond donors (Lipinski definition) is 2. The summed E-state index contributed by atoms with van der Waals surface area (Å²) in [6.45, 7) is 5.01. The van der Waals surface area contributed by atoms with Crippen molar-refractivity contribution in [3.63, 3.8) is 0 Å². The Labute approximate surface area is 112 Å². The van der Waals surface area contributed by atoms with Crippen LogP contribution in [-0.4, -0.2) is 5.26 Å². The van der Waals surface area contributed by atoms with Crippen LogP contribution >= 0.6 is 0 Å².